The first kappa shape index (κ1) is 32.4. The van der Waals surface area contributed by atoms with Crippen LogP contribution in [0.25, 0.3) is 11.3 Å². The highest BCUT2D eigenvalue weighted by molar-refractivity contribution is 5.58. The van der Waals surface area contributed by atoms with Crippen LogP contribution in [0.5, 0.6) is 23.1 Å². The van der Waals surface area contributed by atoms with Crippen molar-refractivity contribution in [3.05, 3.63) is 66.4 Å². The fraction of sp³-hybridized carbons (Fsp3) is 0.400. The molecule has 0 aliphatic rings. The number of nitrogens with zero attached hydrogens (tertiary/aromatic N) is 5. The minimum Gasteiger partial charge on any atom is -0.493 e. The molecule has 14 heteroatoms. The van der Waals surface area contributed by atoms with Crippen LogP contribution in [0.15, 0.2) is 55.1 Å². The molecule has 1 aromatic carbocycles. The summed E-state index contributed by atoms with van der Waals surface area (Å²) in [5, 5.41) is 4.16. The second-order valence-corrected chi connectivity index (χ2v) is 9.37. The van der Waals surface area contributed by atoms with Gasteiger partial charge in [-0.25, -0.2) is 9.97 Å². The maximum Gasteiger partial charge on any atom is 0.258 e. The molecule has 0 aliphatic carbocycles. The Morgan fingerprint density at radius 3 is 2.18 bits per heavy atom. The molecule has 236 valence electrons. The van der Waals surface area contributed by atoms with Crippen molar-refractivity contribution in [2.45, 2.75) is 13.2 Å². The minimum absolute atomic E-state index is 0.108. The van der Waals surface area contributed by atoms with Crippen LogP contribution < -0.4 is 30.4 Å². The Labute approximate surface area is 256 Å². The molecule has 4 aromatic rings. The van der Waals surface area contributed by atoms with E-state index in [1.54, 1.807) is 36.4 Å². The molecule has 4 rings (SSSR count). The lowest BCUT2D eigenvalue weighted by molar-refractivity contribution is 0.0106. The summed E-state index contributed by atoms with van der Waals surface area (Å²) in [4.78, 5) is 13.1. The van der Waals surface area contributed by atoms with Crippen molar-refractivity contribution >= 4 is 5.82 Å². The second kappa shape index (κ2) is 17.6. The highest BCUT2D eigenvalue weighted by atomic mass is 16.6. The molecule has 0 bridgehead atoms. The third-order valence-corrected chi connectivity index (χ3v) is 6.05. The Hall–Kier alpha value is -4.50. The SMILES string of the molecule is COc1cc(COc2nc(-c3cnn(C)c3)cnc2N)ncc1OCc1ccc(OCCOCCOCCOCCN)cc1. The minimum atomic E-state index is 0.108. The lowest BCUT2D eigenvalue weighted by atomic mass is 10.2. The molecule has 0 unspecified atom stereocenters. The summed E-state index contributed by atoms with van der Waals surface area (Å²) in [6.07, 6.45) is 6.69. The number of hydrogen-bond donors (Lipinski definition) is 2. The fourth-order valence-electron chi connectivity index (χ4n) is 3.82. The summed E-state index contributed by atoms with van der Waals surface area (Å²) in [6.45, 7) is 4.43. The number of benzene rings is 1. The van der Waals surface area contributed by atoms with Crippen molar-refractivity contribution in [2.75, 3.05) is 65.6 Å². The van der Waals surface area contributed by atoms with Gasteiger partial charge < -0.3 is 44.6 Å². The zero-order chi connectivity index (χ0) is 31.0. The number of ether oxygens (including phenoxy) is 7. The number of methoxy groups -OCH3 is 1. The molecular formula is C30H39N7O7. The molecule has 0 spiro atoms. The van der Waals surface area contributed by atoms with E-state index in [9.17, 15) is 0 Å². The molecule has 0 atom stereocenters. The van der Waals surface area contributed by atoms with E-state index >= 15 is 0 Å². The quantitative estimate of drug-likeness (QED) is 0.140. The van der Waals surface area contributed by atoms with Gasteiger partial charge in [0, 0.05) is 31.4 Å². The summed E-state index contributed by atoms with van der Waals surface area (Å²) in [6, 6.07) is 9.38. The maximum absolute atomic E-state index is 5.98. The van der Waals surface area contributed by atoms with Crippen molar-refractivity contribution in [1.29, 1.82) is 0 Å². The molecule has 0 amide bonds. The third kappa shape index (κ3) is 10.3. The van der Waals surface area contributed by atoms with Crippen LogP contribution in [0, 0.1) is 0 Å². The molecule has 0 aliphatic heterocycles. The molecule has 3 aromatic heterocycles. The van der Waals surface area contributed by atoms with Crippen molar-refractivity contribution < 1.29 is 33.2 Å². The normalized spacial score (nSPS) is 11.0. The third-order valence-electron chi connectivity index (χ3n) is 6.05. The average Bonchev–Trinajstić information content (AvgIpc) is 3.49. The number of aryl methyl sites for hydroxylation is 1. The van der Waals surface area contributed by atoms with Crippen molar-refractivity contribution in [2.24, 2.45) is 12.8 Å². The summed E-state index contributed by atoms with van der Waals surface area (Å²) in [7, 11) is 3.39. The zero-order valence-corrected chi connectivity index (χ0v) is 25.0. The van der Waals surface area contributed by atoms with E-state index in [2.05, 4.69) is 20.1 Å². The second-order valence-electron chi connectivity index (χ2n) is 9.37. The van der Waals surface area contributed by atoms with E-state index in [0.717, 1.165) is 16.9 Å². The highest BCUT2D eigenvalue weighted by Crippen LogP contribution is 2.29. The maximum atomic E-state index is 5.98. The smallest absolute Gasteiger partial charge is 0.258 e. The van der Waals surface area contributed by atoms with Gasteiger partial charge in [-0.2, -0.15) is 5.10 Å². The summed E-state index contributed by atoms with van der Waals surface area (Å²) < 4.78 is 40.9. The number of hydrogen-bond acceptors (Lipinski definition) is 13. The standard InChI is InChI=1S/C30H39N7O7/c1-37-19-23(16-35-37)26-17-34-29(32)30(36-26)44-21-24-15-27(38-2)28(18-33-24)43-20-22-3-5-25(6-4-22)42-14-13-41-12-11-40-10-9-39-8-7-31/h3-6,15-19H,7-14,20-21,31H2,1-2H3,(H2,32,34). The van der Waals surface area contributed by atoms with E-state index in [-0.39, 0.29) is 18.3 Å². The molecule has 4 N–H and O–H groups in total. The Morgan fingerprint density at radius 2 is 1.50 bits per heavy atom. The lowest BCUT2D eigenvalue weighted by Gasteiger charge is -2.13. The topological polar surface area (TPSA) is 173 Å². The highest BCUT2D eigenvalue weighted by Gasteiger charge is 2.12. The number of pyridine rings is 1. The van der Waals surface area contributed by atoms with E-state index < -0.39 is 0 Å². The monoisotopic (exact) mass is 609 g/mol. The predicted molar refractivity (Wildman–Crippen MR) is 162 cm³/mol. The lowest BCUT2D eigenvalue weighted by Crippen LogP contribution is -2.14. The fourth-order valence-corrected chi connectivity index (χ4v) is 3.82. The Kier molecular flexibility index (Phi) is 12.9. The van der Waals surface area contributed by atoms with Crippen molar-refractivity contribution in [1.82, 2.24) is 24.7 Å². The van der Waals surface area contributed by atoms with Crippen LogP contribution in [0.4, 0.5) is 5.82 Å². The molecule has 0 fully saturated rings. The predicted octanol–water partition coefficient (Wildman–Crippen LogP) is 2.41. The van der Waals surface area contributed by atoms with Gasteiger partial charge in [-0.15, -0.1) is 0 Å². The number of anilines is 1. The van der Waals surface area contributed by atoms with Gasteiger partial charge in [-0.1, -0.05) is 12.1 Å². The Bertz CT molecular complexity index is 1420. The van der Waals surface area contributed by atoms with Crippen molar-refractivity contribution in [3.8, 4) is 34.4 Å². The van der Waals surface area contributed by atoms with E-state index in [4.69, 9.17) is 44.6 Å². The summed E-state index contributed by atoms with van der Waals surface area (Å²) in [5.74, 6) is 2.14. The molecule has 0 saturated carbocycles. The van der Waals surface area contributed by atoms with E-state index in [0.29, 0.717) is 82.3 Å². The number of nitrogens with two attached hydrogens (primary N) is 2. The van der Waals surface area contributed by atoms with Gasteiger partial charge in [-0.05, 0) is 17.7 Å². The molecule has 44 heavy (non-hydrogen) atoms. The largest absolute Gasteiger partial charge is 0.493 e. The average molecular weight is 610 g/mol. The molecule has 0 saturated heterocycles. The van der Waals surface area contributed by atoms with Crippen LogP contribution >= 0.6 is 0 Å². The van der Waals surface area contributed by atoms with Gasteiger partial charge in [0.2, 0.25) is 0 Å². The number of nitrogen functional groups attached to an aromatic ring is 1. The van der Waals surface area contributed by atoms with Crippen molar-refractivity contribution in [3.63, 3.8) is 0 Å². The van der Waals surface area contributed by atoms with Crippen LogP contribution in [0.2, 0.25) is 0 Å². The van der Waals surface area contributed by atoms with Gasteiger partial charge in [0.25, 0.3) is 5.88 Å². The Morgan fingerprint density at radius 1 is 0.773 bits per heavy atom. The van der Waals surface area contributed by atoms with Crippen LogP contribution in [0.3, 0.4) is 0 Å². The van der Waals surface area contributed by atoms with E-state index in [1.807, 2.05) is 37.5 Å². The zero-order valence-electron chi connectivity index (χ0n) is 25.0. The summed E-state index contributed by atoms with van der Waals surface area (Å²) >= 11 is 0. The van der Waals surface area contributed by atoms with Crippen LogP contribution in [0.1, 0.15) is 11.3 Å². The van der Waals surface area contributed by atoms with Gasteiger partial charge in [-0.3, -0.25) is 9.67 Å². The van der Waals surface area contributed by atoms with Gasteiger partial charge in [0.1, 0.15) is 25.6 Å². The number of aromatic nitrogens is 5. The van der Waals surface area contributed by atoms with Gasteiger partial charge >= 0.3 is 0 Å². The Balaban J connectivity index is 1.18. The van der Waals surface area contributed by atoms with Crippen LogP contribution in [-0.2, 0) is 34.5 Å². The first-order chi connectivity index (χ1) is 21.6. The van der Waals surface area contributed by atoms with Gasteiger partial charge in [0.05, 0.1) is 76.7 Å². The number of rotatable bonds is 20. The molecule has 3 heterocycles. The van der Waals surface area contributed by atoms with Gasteiger partial charge in [0.15, 0.2) is 17.3 Å². The molecular weight excluding hydrogens is 570 g/mol. The molecule has 14 nitrogen and oxygen atoms in total. The molecule has 0 radical (unpaired) electrons. The summed E-state index contributed by atoms with van der Waals surface area (Å²) in [5.41, 5.74) is 14.3. The first-order valence-corrected chi connectivity index (χ1v) is 14.1. The first-order valence-electron chi connectivity index (χ1n) is 14.1. The van der Waals surface area contributed by atoms with E-state index in [1.165, 1.54) is 0 Å². The van der Waals surface area contributed by atoms with Crippen LogP contribution in [-0.4, -0.2) is 84.6 Å².